The molecule has 1 heterocycles. The third-order valence-electron chi connectivity index (χ3n) is 3.55. The minimum absolute atomic E-state index is 0.457. The van der Waals surface area contributed by atoms with Crippen LogP contribution in [-0.4, -0.2) is 14.9 Å². The molecule has 0 amide bonds. The van der Waals surface area contributed by atoms with Crippen molar-refractivity contribution in [2.75, 3.05) is 0 Å². The fraction of sp³-hybridized carbons (Fsp3) is 0.438. The molecule has 21 heavy (non-hydrogen) atoms. The molecule has 4 nitrogen and oxygen atoms in total. The Kier molecular flexibility index (Phi) is 5.06. The smallest absolute Gasteiger partial charge is 0.131 e. The summed E-state index contributed by atoms with van der Waals surface area (Å²) in [5.74, 6) is 0.825. The Morgan fingerprint density at radius 3 is 2.67 bits per heavy atom. The standard InChI is InChI=1S/C16H21BrN2O2/c1-5-13-16(17)14(19(4)18-13)9-21-15-7-6-12(11(3)20)8-10(15)2/h6-8,11,20H,5,9H2,1-4H3. The quantitative estimate of drug-likeness (QED) is 0.892. The van der Waals surface area contributed by atoms with Crippen LogP contribution < -0.4 is 4.74 Å². The number of aryl methyl sites for hydroxylation is 3. The van der Waals surface area contributed by atoms with E-state index >= 15 is 0 Å². The van der Waals surface area contributed by atoms with Gasteiger partial charge in [0.15, 0.2) is 0 Å². The molecule has 1 atom stereocenters. The van der Waals surface area contributed by atoms with Gasteiger partial charge in [-0.15, -0.1) is 0 Å². The van der Waals surface area contributed by atoms with E-state index in [-0.39, 0.29) is 0 Å². The van der Waals surface area contributed by atoms with Gasteiger partial charge in [0, 0.05) is 7.05 Å². The predicted molar refractivity (Wildman–Crippen MR) is 86.4 cm³/mol. The van der Waals surface area contributed by atoms with Crippen LogP contribution in [0.3, 0.4) is 0 Å². The number of aliphatic hydroxyl groups is 1. The SMILES string of the molecule is CCc1nn(C)c(COc2ccc(C(C)O)cc2C)c1Br. The Morgan fingerprint density at radius 2 is 2.14 bits per heavy atom. The highest BCUT2D eigenvalue weighted by Gasteiger charge is 2.13. The summed E-state index contributed by atoms with van der Waals surface area (Å²) < 4.78 is 8.77. The first kappa shape index (κ1) is 16.0. The molecule has 1 aromatic carbocycles. The van der Waals surface area contributed by atoms with Gasteiger partial charge in [0.05, 0.1) is 22.0 Å². The fourth-order valence-electron chi connectivity index (χ4n) is 2.22. The first-order valence-corrected chi connectivity index (χ1v) is 7.85. The molecule has 5 heteroatoms. The van der Waals surface area contributed by atoms with Crippen LogP contribution in [0.5, 0.6) is 5.75 Å². The van der Waals surface area contributed by atoms with Crippen molar-refractivity contribution in [2.45, 2.75) is 39.9 Å². The molecular formula is C16H21BrN2O2. The van der Waals surface area contributed by atoms with Crippen LogP contribution in [0.4, 0.5) is 0 Å². The van der Waals surface area contributed by atoms with Crippen LogP contribution in [-0.2, 0) is 20.1 Å². The van der Waals surface area contributed by atoms with Gasteiger partial charge >= 0.3 is 0 Å². The molecule has 1 unspecified atom stereocenters. The van der Waals surface area contributed by atoms with E-state index in [0.29, 0.717) is 6.61 Å². The van der Waals surface area contributed by atoms with Crippen molar-refractivity contribution in [3.8, 4) is 5.75 Å². The van der Waals surface area contributed by atoms with E-state index in [2.05, 4.69) is 28.0 Å². The lowest BCUT2D eigenvalue weighted by atomic mass is 10.1. The first-order chi connectivity index (χ1) is 9.93. The molecule has 2 aromatic rings. The third-order valence-corrected chi connectivity index (χ3v) is 4.46. The number of hydrogen-bond acceptors (Lipinski definition) is 3. The van der Waals surface area contributed by atoms with Gasteiger partial charge in [-0.2, -0.15) is 5.10 Å². The third kappa shape index (κ3) is 3.47. The van der Waals surface area contributed by atoms with Crippen LogP contribution in [0.1, 0.15) is 42.5 Å². The molecule has 1 aromatic heterocycles. The molecule has 0 aliphatic carbocycles. The predicted octanol–water partition coefficient (Wildman–Crippen LogP) is 3.69. The molecule has 2 rings (SSSR count). The fourth-order valence-corrected chi connectivity index (χ4v) is 2.95. The highest BCUT2D eigenvalue weighted by Crippen LogP contribution is 2.26. The zero-order chi connectivity index (χ0) is 15.6. The van der Waals surface area contributed by atoms with E-state index in [1.807, 2.05) is 36.9 Å². The van der Waals surface area contributed by atoms with E-state index in [4.69, 9.17) is 4.74 Å². The van der Waals surface area contributed by atoms with Gasteiger partial charge in [-0.1, -0.05) is 13.0 Å². The maximum atomic E-state index is 9.59. The summed E-state index contributed by atoms with van der Waals surface area (Å²) >= 11 is 3.59. The summed E-state index contributed by atoms with van der Waals surface area (Å²) in [5.41, 5.74) is 3.97. The average molecular weight is 353 g/mol. The first-order valence-electron chi connectivity index (χ1n) is 7.05. The molecule has 0 aliphatic rings. The second-order valence-corrected chi connectivity index (χ2v) is 5.97. The van der Waals surface area contributed by atoms with E-state index < -0.39 is 6.10 Å². The summed E-state index contributed by atoms with van der Waals surface area (Å²) in [6.07, 6.45) is 0.423. The number of aromatic nitrogens is 2. The van der Waals surface area contributed by atoms with E-state index in [1.165, 1.54) is 0 Å². The molecule has 0 saturated heterocycles. The number of benzene rings is 1. The molecule has 1 N–H and O–H groups in total. The number of hydrogen-bond donors (Lipinski definition) is 1. The number of halogens is 1. The summed E-state index contributed by atoms with van der Waals surface area (Å²) in [7, 11) is 1.92. The highest BCUT2D eigenvalue weighted by molar-refractivity contribution is 9.10. The number of rotatable bonds is 5. The van der Waals surface area contributed by atoms with Gasteiger partial charge in [-0.25, -0.2) is 0 Å². The molecule has 0 saturated carbocycles. The molecular weight excluding hydrogens is 332 g/mol. The van der Waals surface area contributed by atoms with Gasteiger partial charge in [0.25, 0.3) is 0 Å². The van der Waals surface area contributed by atoms with Gasteiger partial charge in [-0.05, 0) is 59.5 Å². The van der Waals surface area contributed by atoms with Crippen molar-refractivity contribution in [1.82, 2.24) is 9.78 Å². The van der Waals surface area contributed by atoms with Crippen LogP contribution >= 0.6 is 15.9 Å². The monoisotopic (exact) mass is 352 g/mol. The van der Waals surface area contributed by atoms with Crippen LogP contribution in [0.2, 0.25) is 0 Å². The summed E-state index contributed by atoms with van der Waals surface area (Å²) in [6, 6.07) is 5.75. The maximum Gasteiger partial charge on any atom is 0.131 e. The average Bonchev–Trinajstić information content (AvgIpc) is 2.72. The molecule has 0 radical (unpaired) electrons. The topological polar surface area (TPSA) is 47.3 Å². The van der Waals surface area contributed by atoms with Gasteiger partial charge in [0.1, 0.15) is 12.4 Å². The Balaban J connectivity index is 2.15. The zero-order valence-corrected chi connectivity index (χ0v) is 14.4. The van der Waals surface area contributed by atoms with E-state index in [1.54, 1.807) is 6.92 Å². The van der Waals surface area contributed by atoms with E-state index in [0.717, 1.165) is 39.2 Å². The van der Waals surface area contributed by atoms with Crippen molar-refractivity contribution < 1.29 is 9.84 Å². The van der Waals surface area contributed by atoms with Crippen LogP contribution in [0, 0.1) is 6.92 Å². The van der Waals surface area contributed by atoms with Crippen molar-refractivity contribution in [3.05, 3.63) is 45.2 Å². The Hall–Kier alpha value is -1.33. The summed E-state index contributed by atoms with van der Waals surface area (Å²) in [4.78, 5) is 0. The Bertz CT molecular complexity index is 635. The number of nitrogens with zero attached hydrogens (tertiary/aromatic N) is 2. The van der Waals surface area contributed by atoms with Crippen molar-refractivity contribution in [3.63, 3.8) is 0 Å². The van der Waals surface area contributed by atoms with Crippen LogP contribution in [0.25, 0.3) is 0 Å². The van der Waals surface area contributed by atoms with Gasteiger partial charge in [0.2, 0.25) is 0 Å². The molecule has 0 bridgehead atoms. The number of aliphatic hydroxyl groups excluding tert-OH is 1. The number of ether oxygens (including phenoxy) is 1. The lowest BCUT2D eigenvalue weighted by Gasteiger charge is -2.12. The molecule has 114 valence electrons. The summed E-state index contributed by atoms with van der Waals surface area (Å²) in [6.45, 7) is 6.28. The Labute approximate surface area is 133 Å². The Morgan fingerprint density at radius 1 is 1.43 bits per heavy atom. The lowest BCUT2D eigenvalue weighted by molar-refractivity contribution is 0.199. The normalized spacial score (nSPS) is 12.5. The molecule has 0 fully saturated rings. The highest BCUT2D eigenvalue weighted by atomic mass is 79.9. The zero-order valence-electron chi connectivity index (χ0n) is 12.9. The van der Waals surface area contributed by atoms with Crippen molar-refractivity contribution in [1.29, 1.82) is 0 Å². The molecule has 0 spiro atoms. The van der Waals surface area contributed by atoms with Crippen molar-refractivity contribution >= 4 is 15.9 Å². The largest absolute Gasteiger partial charge is 0.487 e. The van der Waals surface area contributed by atoms with Gasteiger partial charge < -0.3 is 9.84 Å². The minimum Gasteiger partial charge on any atom is -0.487 e. The van der Waals surface area contributed by atoms with E-state index in [9.17, 15) is 5.11 Å². The van der Waals surface area contributed by atoms with Crippen LogP contribution in [0.15, 0.2) is 22.7 Å². The van der Waals surface area contributed by atoms with Gasteiger partial charge in [-0.3, -0.25) is 4.68 Å². The molecule has 0 aliphatic heterocycles. The second-order valence-electron chi connectivity index (χ2n) is 5.17. The minimum atomic E-state index is -0.462. The lowest BCUT2D eigenvalue weighted by Crippen LogP contribution is -2.04. The maximum absolute atomic E-state index is 9.59. The summed E-state index contributed by atoms with van der Waals surface area (Å²) in [5, 5.41) is 14.0. The second kappa shape index (κ2) is 6.62. The van der Waals surface area contributed by atoms with Crippen molar-refractivity contribution in [2.24, 2.45) is 7.05 Å².